The van der Waals surface area contributed by atoms with E-state index in [0.717, 1.165) is 55.3 Å². The number of para-hydroxylation sites is 1. The van der Waals surface area contributed by atoms with Crippen molar-refractivity contribution in [3.63, 3.8) is 0 Å². The highest BCUT2D eigenvalue weighted by Crippen LogP contribution is 2.22. The second-order valence-corrected chi connectivity index (χ2v) is 7.98. The summed E-state index contributed by atoms with van der Waals surface area (Å²) in [5.74, 6) is 0.985. The van der Waals surface area contributed by atoms with Crippen molar-refractivity contribution in [3.05, 3.63) is 59.2 Å². The van der Waals surface area contributed by atoms with Gasteiger partial charge >= 0.3 is 0 Å². The van der Waals surface area contributed by atoms with Crippen LogP contribution in [0.3, 0.4) is 0 Å². The van der Waals surface area contributed by atoms with Gasteiger partial charge in [0.15, 0.2) is 0 Å². The first-order valence-electron chi connectivity index (χ1n) is 10.5. The first-order valence-corrected chi connectivity index (χ1v) is 10.5. The van der Waals surface area contributed by atoms with Crippen molar-refractivity contribution in [1.29, 1.82) is 0 Å². The number of aryl methyl sites for hydroxylation is 3. The Morgan fingerprint density at radius 1 is 1.03 bits per heavy atom. The minimum absolute atomic E-state index is 0.0703. The molecule has 0 aliphatic carbocycles. The third-order valence-corrected chi connectivity index (χ3v) is 5.68. The fourth-order valence-corrected chi connectivity index (χ4v) is 3.95. The highest BCUT2D eigenvalue weighted by atomic mass is 16.5. The van der Waals surface area contributed by atoms with Crippen LogP contribution in [-0.4, -0.2) is 61.1 Å². The largest absolute Gasteiger partial charge is 0.492 e. The Morgan fingerprint density at radius 2 is 1.66 bits per heavy atom. The van der Waals surface area contributed by atoms with E-state index < -0.39 is 0 Å². The molecule has 1 heterocycles. The fourth-order valence-electron chi connectivity index (χ4n) is 3.95. The van der Waals surface area contributed by atoms with E-state index in [1.54, 1.807) is 0 Å². The molecule has 0 bridgehead atoms. The van der Waals surface area contributed by atoms with Gasteiger partial charge in [0.05, 0.1) is 6.04 Å². The van der Waals surface area contributed by atoms with Gasteiger partial charge in [0.1, 0.15) is 12.4 Å². The number of ether oxygens (including phenoxy) is 1. The molecule has 2 aromatic carbocycles. The summed E-state index contributed by atoms with van der Waals surface area (Å²) in [6, 6.07) is 14.0. The van der Waals surface area contributed by atoms with Crippen LogP contribution >= 0.6 is 0 Å². The molecular weight excluding hydrogens is 362 g/mol. The van der Waals surface area contributed by atoms with Crippen LogP contribution in [-0.2, 0) is 4.79 Å². The molecular formula is C24H33N3O2. The van der Waals surface area contributed by atoms with E-state index in [1.807, 2.05) is 37.3 Å². The fraction of sp³-hybridized carbons (Fsp3) is 0.458. The molecule has 2 aromatic rings. The summed E-state index contributed by atoms with van der Waals surface area (Å²) in [5.41, 5.74) is 4.40. The van der Waals surface area contributed by atoms with Gasteiger partial charge in [-0.15, -0.1) is 0 Å². The molecule has 1 unspecified atom stereocenters. The number of carbonyl (C=O) groups excluding carboxylic acids is 1. The standard InChI is InChI=1S/C24H33N3O2/c1-18-16-19(2)23(20(3)17-18)25-24(28)21(4)27-12-10-26(11-13-27)14-15-29-22-8-6-5-7-9-22/h5-9,16-17,21H,10-15H2,1-4H3,(H,25,28). The summed E-state index contributed by atoms with van der Waals surface area (Å²) >= 11 is 0. The van der Waals surface area contributed by atoms with Crippen molar-refractivity contribution in [1.82, 2.24) is 9.80 Å². The minimum atomic E-state index is -0.141. The van der Waals surface area contributed by atoms with Crippen molar-refractivity contribution in [2.75, 3.05) is 44.6 Å². The smallest absolute Gasteiger partial charge is 0.241 e. The van der Waals surface area contributed by atoms with Crippen LogP contribution in [0.25, 0.3) is 0 Å². The quantitative estimate of drug-likeness (QED) is 0.778. The van der Waals surface area contributed by atoms with Crippen LogP contribution in [0.15, 0.2) is 42.5 Å². The number of hydrogen-bond acceptors (Lipinski definition) is 4. The molecule has 156 valence electrons. The molecule has 0 saturated carbocycles. The zero-order valence-corrected chi connectivity index (χ0v) is 18.1. The van der Waals surface area contributed by atoms with Gasteiger partial charge in [0.25, 0.3) is 0 Å². The predicted molar refractivity (Wildman–Crippen MR) is 119 cm³/mol. The van der Waals surface area contributed by atoms with Crippen molar-refractivity contribution in [3.8, 4) is 5.75 Å². The predicted octanol–water partition coefficient (Wildman–Crippen LogP) is 3.64. The molecule has 1 amide bonds. The normalized spacial score (nSPS) is 16.4. The number of anilines is 1. The molecule has 1 fully saturated rings. The van der Waals surface area contributed by atoms with Crippen molar-refractivity contribution >= 4 is 11.6 Å². The molecule has 0 spiro atoms. The maximum atomic E-state index is 12.8. The van der Waals surface area contributed by atoms with Gasteiger partial charge in [-0.3, -0.25) is 14.6 Å². The molecule has 1 aliphatic rings. The summed E-state index contributed by atoms with van der Waals surface area (Å²) in [6.07, 6.45) is 0. The summed E-state index contributed by atoms with van der Waals surface area (Å²) in [6.45, 7) is 13.5. The van der Waals surface area contributed by atoms with E-state index >= 15 is 0 Å². The number of nitrogens with zero attached hydrogens (tertiary/aromatic N) is 2. The highest BCUT2D eigenvalue weighted by molar-refractivity contribution is 5.96. The zero-order chi connectivity index (χ0) is 20.8. The molecule has 5 nitrogen and oxygen atoms in total. The third kappa shape index (κ3) is 5.81. The van der Waals surface area contributed by atoms with Crippen molar-refractivity contribution in [2.45, 2.75) is 33.7 Å². The van der Waals surface area contributed by atoms with Gasteiger partial charge in [0, 0.05) is 38.4 Å². The topological polar surface area (TPSA) is 44.8 Å². The summed E-state index contributed by atoms with van der Waals surface area (Å²) in [7, 11) is 0. The zero-order valence-electron chi connectivity index (χ0n) is 18.1. The lowest BCUT2D eigenvalue weighted by atomic mass is 10.0. The highest BCUT2D eigenvalue weighted by Gasteiger charge is 2.26. The molecule has 1 aliphatic heterocycles. The Labute approximate surface area is 174 Å². The number of nitrogens with one attached hydrogen (secondary N) is 1. The Bertz CT molecular complexity index is 791. The van der Waals surface area contributed by atoms with Gasteiger partial charge in [-0.25, -0.2) is 0 Å². The van der Waals surface area contributed by atoms with E-state index in [-0.39, 0.29) is 11.9 Å². The number of hydrogen-bond donors (Lipinski definition) is 1. The second kappa shape index (κ2) is 9.90. The first kappa shape index (κ1) is 21.3. The van der Waals surface area contributed by atoms with E-state index in [4.69, 9.17) is 4.74 Å². The Kier molecular flexibility index (Phi) is 7.29. The number of piperazine rings is 1. The lowest BCUT2D eigenvalue weighted by Gasteiger charge is -2.37. The van der Waals surface area contributed by atoms with Crippen LogP contribution in [0.2, 0.25) is 0 Å². The molecule has 1 atom stereocenters. The van der Waals surface area contributed by atoms with E-state index in [2.05, 4.69) is 48.0 Å². The lowest BCUT2D eigenvalue weighted by molar-refractivity contribution is -0.121. The van der Waals surface area contributed by atoms with E-state index in [0.29, 0.717) is 6.61 Å². The number of amides is 1. The average Bonchev–Trinajstić information content (AvgIpc) is 2.71. The third-order valence-electron chi connectivity index (χ3n) is 5.68. The molecule has 3 rings (SSSR count). The summed E-state index contributed by atoms with van der Waals surface area (Å²) < 4.78 is 5.80. The molecule has 1 N–H and O–H groups in total. The molecule has 1 saturated heterocycles. The number of benzene rings is 2. The summed E-state index contributed by atoms with van der Waals surface area (Å²) in [4.78, 5) is 17.5. The van der Waals surface area contributed by atoms with Crippen LogP contribution in [0.1, 0.15) is 23.6 Å². The Hall–Kier alpha value is -2.37. The van der Waals surface area contributed by atoms with Gasteiger partial charge in [-0.1, -0.05) is 35.9 Å². The van der Waals surface area contributed by atoms with Crippen molar-refractivity contribution < 1.29 is 9.53 Å². The summed E-state index contributed by atoms with van der Waals surface area (Å²) in [5, 5.41) is 3.15. The maximum absolute atomic E-state index is 12.8. The Balaban J connectivity index is 1.44. The minimum Gasteiger partial charge on any atom is -0.492 e. The number of carbonyl (C=O) groups is 1. The maximum Gasteiger partial charge on any atom is 0.241 e. The van der Waals surface area contributed by atoms with Gasteiger partial charge < -0.3 is 10.1 Å². The SMILES string of the molecule is Cc1cc(C)c(NC(=O)C(C)N2CCN(CCOc3ccccc3)CC2)c(C)c1. The van der Waals surface area contributed by atoms with Gasteiger partial charge in [-0.05, 0) is 51.0 Å². The van der Waals surface area contributed by atoms with E-state index in [1.165, 1.54) is 5.56 Å². The molecule has 29 heavy (non-hydrogen) atoms. The second-order valence-electron chi connectivity index (χ2n) is 7.98. The van der Waals surface area contributed by atoms with Crippen LogP contribution in [0.5, 0.6) is 5.75 Å². The molecule has 0 aromatic heterocycles. The van der Waals surface area contributed by atoms with Gasteiger partial charge in [0.2, 0.25) is 5.91 Å². The monoisotopic (exact) mass is 395 g/mol. The molecule has 0 radical (unpaired) electrons. The van der Waals surface area contributed by atoms with E-state index in [9.17, 15) is 4.79 Å². The number of rotatable bonds is 7. The van der Waals surface area contributed by atoms with Crippen LogP contribution in [0.4, 0.5) is 5.69 Å². The molecule has 5 heteroatoms. The lowest BCUT2D eigenvalue weighted by Crippen LogP contribution is -2.53. The first-order chi connectivity index (χ1) is 13.9. The van der Waals surface area contributed by atoms with Crippen LogP contribution in [0, 0.1) is 20.8 Å². The van der Waals surface area contributed by atoms with Gasteiger partial charge in [-0.2, -0.15) is 0 Å². The average molecular weight is 396 g/mol. The van der Waals surface area contributed by atoms with Crippen LogP contribution < -0.4 is 10.1 Å². The van der Waals surface area contributed by atoms with Crippen molar-refractivity contribution in [2.24, 2.45) is 0 Å². The Morgan fingerprint density at radius 3 is 2.28 bits per heavy atom.